The average Bonchev–Trinajstić information content (AvgIpc) is 3.05. The van der Waals surface area contributed by atoms with Gasteiger partial charge in [0, 0.05) is 0 Å². The Bertz CT molecular complexity index is 622. The molecule has 0 heterocycles. The van der Waals surface area contributed by atoms with E-state index in [0.29, 0.717) is 0 Å². The van der Waals surface area contributed by atoms with Crippen LogP contribution >= 0.6 is 0 Å². The quantitative estimate of drug-likeness (QED) is 0.529. The topological polar surface area (TPSA) is 0 Å². The van der Waals surface area contributed by atoms with Gasteiger partial charge in [-0.1, -0.05) is 55.8 Å². The number of hydrogen-bond acceptors (Lipinski definition) is 0. The van der Waals surface area contributed by atoms with Crippen molar-refractivity contribution in [1.29, 1.82) is 0 Å². The van der Waals surface area contributed by atoms with E-state index < -0.39 is 0 Å². The van der Waals surface area contributed by atoms with Gasteiger partial charge in [0.15, 0.2) is 0 Å². The second kappa shape index (κ2) is 8.91. The smallest absolute Gasteiger partial charge is 0.0273 e. The van der Waals surface area contributed by atoms with Gasteiger partial charge in [0.05, 0.1) is 0 Å². The van der Waals surface area contributed by atoms with E-state index in [0.717, 1.165) is 0 Å². The summed E-state index contributed by atoms with van der Waals surface area (Å²) in [5.41, 5.74) is 9.27. The third-order valence-electron chi connectivity index (χ3n) is 4.88. The molecule has 0 saturated heterocycles. The summed E-state index contributed by atoms with van der Waals surface area (Å²) >= 11 is 0. The zero-order chi connectivity index (χ0) is 16.7. The number of benzene rings is 2. The van der Waals surface area contributed by atoms with Gasteiger partial charge in [0.25, 0.3) is 0 Å². The summed E-state index contributed by atoms with van der Waals surface area (Å²) in [4.78, 5) is 0. The van der Waals surface area contributed by atoms with Crippen LogP contribution in [-0.2, 0) is 25.7 Å². The lowest BCUT2D eigenvalue weighted by Gasteiger charge is -2.17. The van der Waals surface area contributed by atoms with Gasteiger partial charge in [-0.3, -0.25) is 0 Å². The number of fused-ring (bicyclic) bond motifs is 2. The minimum absolute atomic E-state index is 1.30. The minimum Gasteiger partial charge on any atom is -0.0683 e. The van der Waals surface area contributed by atoms with E-state index in [4.69, 9.17) is 0 Å². The summed E-state index contributed by atoms with van der Waals surface area (Å²) < 4.78 is 0. The predicted octanol–water partition coefficient (Wildman–Crippen LogP) is 6.38. The van der Waals surface area contributed by atoms with Crippen LogP contribution in [-0.4, -0.2) is 0 Å². The first-order chi connectivity index (χ1) is 11.2. The summed E-state index contributed by atoms with van der Waals surface area (Å²) in [7, 11) is 0. The van der Waals surface area contributed by atoms with Gasteiger partial charge in [-0.15, -0.1) is 0 Å². The van der Waals surface area contributed by atoms with E-state index in [2.05, 4.69) is 50.2 Å². The lowest BCUT2D eigenvalue weighted by molar-refractivity contribution is 0.682. The molecule has 124 valence electrons. The molecule has 0 nitrogen and oxygen atoms in total. The Balaban J connectivity index is 0.000000152. The zero-order valence-electron chi connectivity index (χ0n) is 15.4. The average molecular weight is 309 g/mol. The molecule has 0 amide bonds. The molecular formula is C23H32. The maximum atomic E-state index is 2.32. The fourth-order valence-electron chi connectivity index (χ4n) is 3.67. The molecule has 2 aromatic rings. The van der Waals surface area contributed by atoms with Gasteiger partial charge in [-0.25, -0.2) is 0 Å². The largest absolute Gasteiger partial charge is 0.0683 e. The molecule has 0 aromatic heterocycles. The fraction of sp³-hybridized carbons (Fsp3) is 0.478. The molecule has 0 unspecified atom stereocenters. The highest BCUT2D eigenvalue weighted by Gasteiger charge is 2.10. The van der Waals surface area contributed by atoms with E-state index in [-0.39, 0.29) is 0 Å². The molecule has 2 aromatic carbocycles. The van der Waals surface area contributed by atoms with E-state index >= 15 is 0 Å². The molecule has 0 fully saturated rings. The van der Waals surface area contributed by atoms with Crippen molar-refractivity contribution in [3.63, 3.8) is 0 Å². The predicted molar refractivity (Wildman–Crippen MR) is 102 cm³/mol. The van der Waals surface area contributed by atoms with Crippen molar-refractivity contribution >= 4 is 0 Å². The van der Waals surface area contributed by atoms with Crippen molar-refractivity contribution in [2.24, 2.45) is 0 Å². The summed E-state index contributed by atoms with van der Waals surface area (Å²) in [6, 6.07) is 13.5. The van der Waals surface area contributed by atoms with Crippen LogP contribution in [0.25, 0.3) is 0 Å². The lowest BCUT2D eigenvalue weighted by atomic mass is 9.89. The van der Waals surface area contributed by atoms with Gasteiger partial charge in [-0.05, 0) is 86.6 Å². The van der Waals surface area contributed by atoms with Crippen LogP contribution in [0.2, 0.25) is 0 Å². The van der Waals surface area contributed by atoms with Crippen LogP contribution in [0.5, 0.6) is 0 Å². The van der Waals surface area contributed by atoms with Crippen molar-refractivity contribution < 1.29 is 0 Å². The molecular weight excluding hydrogens is 276 g/mol. The molecule has 0 bridgehead atoms. The summed E-state index contributed by atoms with van der Waals surface area (Å²) in [6.07, 6.45) is 9.35. The minimum atomic E-state index is 1.30. The van der Waals surface area contributed by atoms with Crippen LogP contribution in [0.1, 0.15) is 66.5 Å². The molecule has 0 aliphatic heterocycles. The van der Waals surface area contributed by atoms with Gasteiger partial charge >= 0.3 is 0 Å². The molecule has 0 radical (unpaired) electrons. The van der Waals surface area contributed by atoms with Crippen LogP contribution in [0, 0.1) is 13.8 Å². The van der Waals surface area contributed by atoms with Crippen molar-refractivity contribution in [1.82, 2.24) is 0 Å². The first kappa shape index (κ1) is 17.8. The van der Waals surface area contributed by atoms with Crippen molar-refractivity contribution in [2.75, 3.05) is 0 Å². The van der Waals surface area contributed by atoms with E-state index in [1.165, 1.54) is 56.1 Å². The van der Waals surface area contributed by atoms with Crippen LogP contribution in [0.3, 0.4) is 0 Å². The first-order valence-corrected chi connectivity index (χ1v) is 9.40. The molecule has 23 heavy (non-hydrogen) atoms. The van der Waals surface area contributed by atoms with Crippen LogP contribution < -0.4 is 0 Å². The van der Waals surface area contributed by atoms with E-state index in [1.54, 1.807) is 22.3 Å². The third-order valence-corrected chi connectivity index (χ3v) is 4.88. The monoisotopic (exact) mass is 308 g/mol. The Kier molecular flexibility index (Phi) is 6.89. The lowest BCUT2D eigenvalue weighted by Crippen LogP contribution is -2.03. The Morgan fingerprint density at radius 2 is 1.35 bits per heavy atom. The number of aryl methyl sites for hydroxylation is 5. The van der Waals surface area contributed by atoms with Gasteiger partial charge in [-0.2, -0.15) is 0 Å². The summed E-state index contributed by atoms with van der Waals surface area (Å²) in [6.45, 7) is 8.39. The van der Waals surface area contributed by atoms with Crippen molar-refractivity contribution in [3.05, 3.63) is 69.8 Å². The molecule has 0 heteroatoms. The SMILES string of the molecule is CC.Cc1ccc2c(c1)CCC2.Cc1cccc2c1CCCC2. The zero-order valence-corrected chi connectivity index (χ0v) is 15.4. The van der Waals surface area contributed by atoms with Crippen LogP contribution in [0.4, 0.5) is 0 Å². The molecule has 0 N–H and O–H groups in total. The fourth-order valence-corrected chi connectivity index (χ4v) is 3.67. The Morgan fingerprint density at radius 1 is 0.652 bits per heavy atom. The number of rotatable bonds is 0. The van der Waals surface area contributed by atoms with Gasteiger partial charge < -0.3 is 0 Å². The van der Waals surface area contributed by atoms with E-state index in [9.17, 15) is 0 Å². The maximum absolute atomic E-state index is 2.32. The van der Waals surface area contributed by atoms with Gasteiger partial charge in [0.1, 0.15) is 0 Å². The normalized spacial score (nSPS) is 14.6. The molecule has 0 atom stereocenters. The molecule has 0 spiro atoms. The maximum Gasteiger partial charge on any atom is -0.0273 e. The van der Waals surface area contributed by atoms with Crippen molar-refractivity contribution in [3.8, 4) is 0 Å². The molecule has 2 aliphatic rings. The Hall–Kier alpha value is -1.56. The molecule has 2 aliphatic carbocycles. The third kappa shape index (κ3) is 4.70. The standard InChI is InChI=1S/C11H14.C10H12.C2H6/c1-9-5-4-7-10-6-2-3-8-11(9)10;1-8-5-6-9-3-2-4-10(9)7-8;1-2/h4-5,7H,2-3,6,8H2,1H3;5-7H,2-4H2,1H3;1-2H3. The Labute approximate surface area is 143 Å². The highest BCUT2D eigenvalue weighted by molar-refractivity contribution is 5.36. The van der Waals surface area contributed by atoms with Gasteiger partial charge in [0.2, 0.25) is 0 Å². The molecule has 0 saturated carbocycles. The first-order valence-electron chi connectivity index (χ1n) is 9.40. The van der Waals surface area contributed by atoms with Crippen LogP contribution in [0.15, 0.2) is 36.4 Å². The summed E-state index contributed by atoms with van der Waals surface area (Å²) in [5, 5.41) is 0. The Morgan fingerprint density at radius 3 is 2.13 bits per heavy atom. The van der Waals surface area contributed by atoms with Crippen molar-refractivity contribution in [2.45, 2.75) is 72.6 Å². The highest BCUT2D eigenvalue weighted by Crippen LogP contribution is 2.23. The highest BCUT2D eigenvalue weighted by atomic mass is 14.1. The second-order valence-corrected chi connectivity index (χ2v) is 6.55. The summed E-state index contributed by atoms with van der Waals surface area (Å²) in [5.74, 6) is 0. The molecule has 4 rings (SSSR count). The second-order valence-electron chi connectivity index (χ2n) is 6.55. The van der Waals surface area contributed by atoms with E-state index in [1.807, 2.05) is 13.8 Å². The number of hydrogen-bond donors (Lipinski definition) is 0.